The van der Waals surface area contributed by atoms with Gasteiger partial charge in [-0.3, -0.25) is 4.79 Å². The molecule has 2 aromatic carbocycles. The summed E-state index contributed by atoms with van der Waals surface area (Å²) >= 11 is 12.3. The van der Waals surface area contributed by atoms with Crippen LogP contribution in [0.2, 0.25) is 10.0 Å². The van der Waals surface area contributed by atoms with Gasteiger partial charge in [-0.05, 0) is 48.6 Å². The third-order valence-electron chi connectivity index (χ3n) is 6.01. The van der Waals surface area contributed by atoms with E-state index in [2.05, 4.69) is 9.97 Å². The Kier molecular flexibility index (Phi) is 6.30. The summed E-state index contributed by atoms with van der Waals surface area (Å²) in [5.74, 6) is -0.146. The molecule has 0 amide bonds. The molecule has 0 radical (unpaired) electrons. The molecular weight excluding hydrogens is 440 g/mol. The molecule has 1 saturated carbocycles. The highest BCUT2D eigenvalue weighted by atomic mass is 35.5. The maximum Gasteiger partial charge on any atom is 0.308 e. The van der Waals surface area contributed by atoms with Gasteiger partial charge in [0.2, 0.25) is 0 Å². The van der Waals surface area contributed by atoms with Crippen molar-refractivity contribution in [2.45, 2.75) is 31.7 Å². The molecule has 1 heterocycles. The number of carbonyl (C=O) groups excluding carboxylic acids is 1. The summed E-state index contributed by atoms with van der Waals surface area (Å²) in [5.41, 5.74) is 1.79. The molecule has 0 saturated heterocycles. The van der Waals surface area contributed by atoms with Gasteiger partial charge in [0, 0.05) is 13.1 Å². The number of benzene rings is 2. The van der Waals surface area contributed by atoms with Gasteiger partial charge < -0.3 is 9.64 Å². The average Bonchev–Trinajstić information content (AvgIpc) is 2.80. The number of nitrogens with zero attached hydrogens (tertiary/aromatic N) is 3. The number of anilines is 1. The summed E-state index contributed by atoms with van der Waals surface area (Å²) in [6.07, 6.45) is 4.66. The van der Waals surface area contributed by atoms with E-state index < -0.39 is 5.82 Å². The molecule has 2 unspecified atom stereocenters. The Morgan fingerprint density at radius 2 is 1.97 bits per heavy atom. The van der Waals surface area contributed by atoms with Crippen molar-refractivity contribution in [1.29, 1.82) is 0 Å². The van der Waals surface area contributed by atoms with E-state index in [1.807, 2.05) is 18.0 Å². The van der Waals surface area contributed by atoms with E-state index in [1.54, 1.807) is 18.2 Å². The Labute approximate surface area is 190 Å². The van der Waals surface area contributed by atoms with Crippen molar-refractivity contribution in [3.8, 4) is 11.1 Å². The van der Waals surface area contributed by atoms with Crippen LogP contribution in [0, 0.1) is 11.7 Å². The second kappa shape index (κ2) is 8.97. The van der Waals surface area contributed by atoms with Crippen LogP contribution in [0.15, 0.2) is 36.7 Å². The zero-order chi connectivity index (χ0) is 22.1. The highest BCUT2D eigenvalue weighted by Crippen LogP contribution is 2.39. The molecule has 5 nitrogen and oxygen atoms in total. The molecule has 1 fully saturated rings. The quantitative estimate of drug-likeness (QED) is 0.451. The number of fused-ring (bicyclic) bond motifs is 1. The molecule has 0 N–H and O–H groups in total. The van der Waals surface area contributed by atoms with Crippen molar-refractivity contribution >= 4 is 45.9 Å². The molecule has 2 atom stereocenters. The van der Waals surface area contributed by atoms with Crippen molar-refractivity contribution in [1.82, 2.24) is 9.97 Å². The van der Waals surface area contributed by atoms with Gasteiger partial charge in [-0.2, -0.15) is 0 Å². The Hall–Kier alpha value is -2.44. The van der Waals surface area contributed by atoms with Gasteiger partial charge in [0.05, 0.1) is 28.5 Å². The zero-order valence-electron chi connectivity index (χ0n) is 17.2. The summed E-state index contributed by atoms with van der Waals surface area (Å²) in [7, 11) is 3.34. The first kappa shape index (κ1) is 21.8. The van der Waals surface area contributed by atoms with Crippen molar-refractivity contribution in [3.05, 3.63) is 52.5 Å². The van der Waals surface area contributed by atoms with Crippen molar-refractivity contribution in [3.63, 3.8) is 0 Å². The number of esters is 1. The van der Waals surface area contributed by atoms with Crippen LogP contribution in [0.25, 0.3) is 22.0 Å². The minimum absolute atomic E-state index is 0.0703. The van der Waals surface area contributed by atoms with Gasteiger partial charge in [-0.25, -0.2) is 14.4 Å². The summed E-state index contributed by atoms with van der Waals surface area (Å²) in [5, 5.41) is 1.46. The lowest BCUT2D eigenvalue weighted by molar-refractivity contribution is -0.146. The molecule has 1 aromatic heterocycles. The van der Waals surface area contributed by atoms with E-state index in [0.717, 1.165) is 30.4 Å². The highest BCUT2D eigenvalue weighted by molar-refractivity contribution is 6.42. The Bertz CT molecular complexity index is 1140. The lowest BCUT2D eigenvalue weighted by atomic mass is 9.85. The first-order chi connectivity index (χ1) is 14.9. The lowest BCUT2D eigenvalue weighted by Gasteiger charge is -2.35. The summed E-state index contributed by atoms with van der Waals surface area (Å²) < 4.78 is 19.7. The highest BCUT2D eigenvalue weighted by Gasteiger charge is 2.31. The van der Waals surface area contributed by atoms with Crippen LogP contribution in [0.5, 0.6) is 0 Å². The van der Waals surface area contributed by atoms with Gasteiger partial charge in [0.15, 0.2) is 0 Å². The van der Waals surface area contributed by atoms with Gasteiger partial charge in [-0.15, -0.1) is 0 Å². The second-order valence-electron chi connectivity index (χ2n) is 7.80. The van der Waals surface area contributed by atoms with Gasteiger partial charge in [0.25, 0.3) is 0 Å². The van der Waals surface area contributed by atoms with Crippen LogP contribution in [-0.2, 0) is 9.53 Å². The van der Waals surface area contributed by atoms with Crippen LogP contribution in [0.4, 0.5) is 10.2 Å². The maximum absolute atomic E-state index is 14.7. The fourth-order valence-corrected chi connectivity index (χ4v) is 4.66. The Balaban J connectivity index is 1.82. The first-order valence-corrected chi connectivity index (χ1v) is 10.9. The van der Waals surface area contributed by atoms with E-state index in [0.29, 0.717) is 27.7 Å². The van der Waals surface area contributed by atoms with Crippen LogP contribution in [0.3, 0.4) is 0 Å². The topological polar surface area (TPSA) is 55.3 Å². The molecule has 1 aliphatic carbocycles. The maximum atomic E-state index is 14.7. The molecule has 31 heavy (non-hydrogen) atoms. The largest absolute Gasteiger partial charge is 0.469 e. The number of carbonyl (C=O) groups is 1. The predicted octanol–water partition coefficient (Wildman–Crippen LogP) is 5.91. The van der Waals surface area contributed by atoms with E-state index >= 15 is 0 Å². The average molecular weight is 462 g/mol. The number of hydrogen-bond donors (Lipinski definition) is 0. The second-order valence-corrected chi connectivity index (χ2v) is 8.61. The van der Waals surface area contributed by atoms with Crippen molar-refractivity contribution in [2.75, 3.05) is 19.1 Å². The standard InChI is InChI=1S/C23H22Cl2FN3O2/c1-29(15-5-3-4-14(10-15)23(30)31-2)22-20-16(13-6-8-17(24)18(25)11-13)7-9-19(26)21(20)27-12-28-22/h6-9,11-12,14-15H,3-5,10H2,1-2H3. The fraction of sp³-hybridized carbons (Fsp3) is 0.348. The smallest absolute Gasteiger partial charge is 0.308 e. The number of rotatable bonds is 4. The molecule has 8 heteroatoms. The molecule has 3 aromatic rings. The van der Waals surface area contributed by atoms with Gasteiger partial charge >= 0.3 is 5.97 Å². The number of halogens is 3. The van der Waals surface area contributed by atoms with Crippen molar-refractivity contribution in [2.24, 2.45) is 5.92 Å². The molecule has 4 rings (SSSR count). The normalized spacial score (nSPS) is 18.7. The SMILES string of the molecule is COC(=O)C1CCCC(N(C)c2ncnc3c(F)ccc(-c4ccc(Cl)c(Cl)c4)c23)C1. The number of ether oxygens (including phenoxy) is 1. The van der Waals surface area contributed by atoms with Crippen molar-refractivity contribution < 1.29 is 13.9 Å². The number of methoxy groups -OCH3 is 1. The Morgan fingerprint density at radius 3 is 2.71 bits per heavy atom. The summed E-state index contributed by atoms with van der Waals surface area (Å²) in [4.78, 5) is 22.8. The van der Waals surface area contributed by atoms with Crippen LogP contribution in [0.1, 0.15) is 25.7 Å². The Morgan fingerprint density at radius 1 is 1.16 bits per heavy atom. The third-order valence-corrected chi connectivity index (χ3v) is 6.75. The fourth-order valence-electron chi connectivity index (χ4n) is 4.37. The minimum Gasteiger partial charge on any atom is -0.469 e. The first-order valence-electron chi connectivity index (χ1n) is 10.1. The van der Waals surface area contributed by atoms with Crippen LogP contribution < -0.4 is 4.90 Å². The van der Waals surface area contributed by atoms with E-state index in [1.165, 1.54) is 19.5 Å². The van der Waals surface area contributed by atoms with Crippen LogP contribution in [-0.4, -0.2) is 36.1 Å². The number of aromatic nitrogens is 2. The molecule has 0 aliphatic heterocycles. The van der Waals surface area contributed by atoms with Gasteiger partial charge in [0.1, 0.15) is 23.5 Å². The number of hydrogen-bond acceptors (Lipinski definition) is 5. The monoisotopic (exact) mass is 461 g/mol. The van der Waals surface area contributed by atoms with E-state index in [9.17, 15) is 9.18 Å². The summed E-state index contributed by atoms with van der Waals surface area (Å²) in [6, 6.07) is 8.47. The predicted molar refractivity (Wildman–Crippen MR) is 121 cm³/mol. The molecule has 162 valence electrons. The molecule has 0 spiro atoms. The zero-order valence-corrected chi connectivity index (χ0v) is 18.8. The molecular formula is C23H22Cl2FN3O2. The molecule has 0 bridgehead atoms. The van der Waals surface area contributed by atoms with Gasteiger partial charge in [-0.1, -0.05) is 41.8 Å². The summed E-state index contributed by atoms with van der Waals surface area (Å²) in [6.45, 7) is 0. The van der Waals surface area contributed by atoms with E-state index in [-0.39, 0.29) is 23.4 Å². The minimum atomic E-state index is -0.424. The van der Waals surface area contributed by atoms with Crippen LogP contribution >= 0.6 is 23.2 Å². The van der Waals surface area contributed by atoms with E-state index in [4.69, 9.17) is 27.9 Å². The lowest BCUT2D eigenvalue weighted by Crippen LogP contribution is -2.38. The molecule has 1 aliphatic rings. The third kappa shape index (κ3) is 4.19.